The van der Waals surface area contributed by atoms with Gasteiger partial charge in [0, 0.05) is 0 Å². The van der Waals surface area contributed by atoms with Crippen LogP contribution in [0.25, 0.3) is 0 Å². The number of nitriles is 1. The van der Waals surface area contributed by atoms with Crippen LogP contribution < -0.4 is 11.3 Å². The van der Waals surface area contributed by atoms with E-state index in [0.29, 0.717) is 11.3 Å². The minimum absolute atomic E-state index is 0.610. The quantitative estimate of drug-likeness (QED) is 0.583. The smallest absolute Gasteiger partial charge is 0.0991 e. The molecule has 3 nitrogen and oxygen atoms in total. The lowest BCUT2D eigenvalue weighted by molar-refractivity contribution is 1.29. The molecule has 0 spiro atoms. The average molecular weight is 132 g/mol. The number of hydrogen-bond donors (Lipinski definition) is 1. The van der Waals surface area contributed by atoms with Crippen LogP contribution in [0.4, 0.5) is 5.69 Å². The van der Waals surface area contributed by atoms with Crippen LogP contribution in [0.15, 0.2) is 24.3 Å². The zero-order valence-corrected chi connectivity index (χ0v) is 5.26. The number of nitrogens with zero attached hydrogens (tertiary/aromatic N) is 1. The minimum atomic E-state index is 0.610. The maximum Gasteiger partial charge on any atom is 0.0991 e. The molecule has 0 unspecified atom stereocenters. The third-order valence-corrected chi connectivity index (χ3v) is 1.16. The first-order valence-corrected chi connectivity index (χ1v) is 2.79. The van der Waals surface area contributed by atoms with Crippen molar-refractivity contribution in [3.05, 3.63) is 29.8 Å². The van der Waals surface area contributed by atoms with Crippen LogP contribution in [0.2, 0.25) is 0 Å². The highest BCUT2D eigenvalue weighted by atomic mass is 15.2. The van der Waals surface area contributed by atoms with Crippen molar-refractivity contribution in [2.75, 3.05) is 5.43 Å². The highest BCUT2D eigenvalue weighted by Crippen LogP contribution is 2.06. The average Bonchev–Trinajstić information content (AvgIpc) is 2.05. The predicted octanol–water partition coefficient (Wildman–Crippen LogP) is 1.17. The van der Waals surface area contributed by atoms with Crippen LogP contribution in [0.1, 0.15) is 5.56 Å². The summed E-state index contributed by atoms with van der Waals surface area (Å²) in [6.07, 6.45) is 0. The van der Waals surface area contributed by atoms with Crippen LogP contribution in [-0.2, 0) is 0 Å². The Bertz CT molecular complexity index is 245. The first kappa shape index (κ1) is 6.59. The summed E-state index contributed by atoms with van der Waals surface area (Å²) in [5.41, 5.74) is 3.52. The van der Waals surface area contributed by atoms with Gasteiger partial charge in [0.05, 0.1) is 17.3 Å². The Balaban J connectivity index is 2.93. The molecule has 0 bridgehead atoms. The fraction of sp³-hybridized carbons (Fsp3) is 0. The molecule has 0 amide bonds. The van der Waals surface area contributed by atoms with Crippen molar-refractivity contribution in [2.24, 2.45) is 0 Å². The summed E-state index contributed by atoms with van der Waals surface area (Å²) in [6, 6.07) is 8.69. The van der Waals surface area contributed by atoms with Crippen LogP contribution in [0, 0.1) is 11.3 Å². The number of nitrogens with one attached hydrogen (secondary N) is 2. The first-order valence-electron chi connectivity index (χ1n) is 2.79. The van der Waals surface area contributed by atoms with Gasteiger partial charge in [0.2, 0.25) is 0 Å². The van der Waals surface area contributed by atoms with Gasteiger partial charge in [0.1, 0.15) is 0 Å². The van der Waals surface area contributed by atoms with Gasteiger partial charge in [0.25, 0.3) is 0 Å². The summed E-state index contributed by atoms with van der Waals surface area (Å²) in [6.45, 7) is 0. The van der Waals surface area contributed by atoms with Gasteiger partial charge in [-0.15, -0.1) is 0 Å². The van der Waals surface area contributed by atoms with E-state index in [1.807, 2.05) is 6.07 Å². The Morgan fingerprint density at radius 2 is 1.90 bits per heavy atom. The van der Waals surface area contributed by atoms with Gasteiger partial charge >= 0.3 is 0 Å². The van der Waals surface area contributed by atoms with Gasteiger partial charge < -0.3 is 5.43 Å². The van der Waals surface area contributed by atoms with Crippen molar-refractivity contribution in [3.8, 4) is 6.07 Å². The zero-order valence-electron chi connectivity index (χ0n) is 5.26. The van der Waals surface area contributed by atoms with E-state index >= 15 is 0 Å². The molecular weight excluding hydrogens is 126 g/mol. The van der Waals surface area contributed by atoms with E-state index in [1.54, 1.807) is 24.3 Å². The molecule has 0 aliphatic heterocycles. The van der Waals surface area contributed by atoms with E-state index in [4.69, 9.17) is 11.1 Å². The van der Waals surface area contributed by atoms with Crippen LogP contribution >= 0.6 is 0 Å². The van der Waals surface area contributed by atoms with Gasteiger partial charge in [-0.05, 0) is 24.3 Å². The first-order chi connectivity index (χ1) is 4.86. The van der Waals surface area contributed by atoms with Crippen LogP contribution in [0.5, 0.6) is 0 Å². The van der Waals surface area contributed by atoms with Crippen molar-refractivity contribution in [1.29, 1.82) is 5.26 Å². The van der Waals surface area contributed by atoms with Crippen LogP contribution in [-0.4, -0.2) is 0 Å². The van der Waals surface area contributed by atoms with Gasteiger partial charge in [0.15, 0.2) is 0 Å². The molecule has 0 aromatic heterocycles. The molecule has 0 saturated carbocycles. The third kappa shape index (κ3) is 1.24. The Labute approximate surface area is 59.0 Å². The monoisotopic (exact) mass is 132 g/mol. The molecule has 0 heterocycles. The Kier molecular flexibility index (Phi) is 1.88. The highest BCUT2D eigenvalue weighted by molar-refractivity contribution is 5.45. The topological polar surface area (TPSA) is 59.6 Å². The summed E-state index contributed by atoms with van der Waals surface area (Å²) in [5, 5.41) is 8.38. The third-order valence-electron chi connectivity index (χ3n) is 1.16. The standard InChI is InChI=1S/C7H6N3/c8-5-6-1-3-7(10-9)4-2-6/h1-4,9-10H. The molecule has 0 aliphatic carbocycles. The molecule has 0 aliphatic rings. The minimum Gasteiger partial charge on any atom is -0.307 e. The second-order valence-corrected chi connectivity index (χ2v) is 1.81. The van der Waals surface area contributed by atoms with E-state index in [-0.39, 0.29) is 0 Å². The van der Waals surface area contributed by atoms with Crippen molar-refractivity contribution in [3.63, 3.8) is 0 Å². The second-order valence-electron chi connectivity index (χ2n) is 1.81. The molecule has 10 heavy (non-hydrogen) atoms. The molecular formula is C7H6N3. The van der Waals surface area contributed by atoms with Gasteiger partial charge in [-0.2, -0.15) is 11.1 Å². The number of hydrogen-bond acceptors (Lipinski definition) is 2. The zero-order chi connectivity index (χ0) is 7.40. The maximum atomic E-state index is 8.38. The lowest BCUT2D eigenvalue weighted by Gasteiger charge is -1.95. The van der Waals surface area contributed by atoms with Gasteiger partial charge in [-0.1, -0.05) is 0 Å². The van der Waals surface area contributed by atoms with E-state index in [2.05, 4.69) is 5.43 Å². The molecule has 0 fully saturated rings. The summed E-state index contributed by atoms with van der Waals surface area (Å²) in [5.74, 6) is 6.74. The molecule has 1 aromatic carbocycles. The predicted molar refractivity (Wildman–Crippen MR) is 37.9 cm³/mol. The maximum absolute atomic E-state index is 8.38. The molecule has 0 saturated heterocycles. The van der Waals surface area contributed by atoms with Crippen molar-refractivity contribution < 1.29 is 0 Å². The Morgan fingerprint density at radius 3 is 2.30 bits per heavy atom. The van der Waals surface area contributed by atoms with E-state index < -0.39 is 0 Å². The molecule has 1 rings (SSSR count). The number of rotatable bonds is 1. The van der Waals surface area contributed by atoms with E-state index in [0.717, 1.165) is 0 Å². The molecule has 49 valence electrons. The number of anilines is 1. The molecule has 1 aromatic rings. The highest BCUT2D eigenvalue weighted by Gasteiger charge is 1.88. The van der Waals surface area contributed by atoms with Crippen molar-refractivity contribution in [1.82, 2.24) is 5.84 Å². The van der Waals surface area contributed by atoms with Crippen LogP contribution in [0.3, 0.4) is 0 Å². The normalized spacial score (nSPS) is 8.40. The van der Waals surface area contributed by atoms with E-state index in [9.17, 15) is 0 Å². The Morgan fingerprint density at radius 1 is 1.30 bits per heavy atom. The SMILES string of the molecule is N#Cc1ccc(N[NH])cc1. The summed E-state index contributed by atoms with van der Waals surface area (Å²) < 4.78 is 0. The molecule has 1 radical (unpaired) electrons. The summed E-state index contributed by atoms with van der Waals surface area (Å²) in [4.78, 5) is 0. The second kappa shape index (κ2) is 2.85. The fourth-order valence-corrected chi connectivity index (χ4v) is 0.628. The lowest BCUT2D eigenvalue weighted by Crippen LogP contribution is -1.90. The molecule has 2 N–H and O–H groups in total. The summed E-state index contributed by atoms with van der Waals surface area (Å²) in [7, 11) is 0. The van der Waals surface area contributed by atoms with Crippen molar-refractivity contribution >= 4 is 5.69 Å². The van der Waals surface area contributed by atoms with Gasteiger partial charge in [-0.25, -0.2) is 0 Å². The van der Waals surface area contributed by atoms with E-state index in [1.165, 1.54) is 0 Å². The largest absolute Gasteiger partial charge is 0.307 e. The lowest BCUT2D eigenvalue weighted by atomic mass is 10.2. The number of benzene rings is 1. The molecule has 0 atom stereocenters. The summed E-state index contributed by atoms with van der Waals surface area (Å²) >= 11 is 0. The molecule has 3 heteroatoms. The van der Waals surface area contributed by atoms with Crippen molar-refractivity contribution in [2.45, 2.75) is 0 Å². The fourth-order valence-electron chi connectivity index (χ4n) is 0.628. The Hall–Kier alpha value is -1.53. The van der Waals surface area contributed by atoms with Gasteiger partial charge in [-0.3, -0.25) is 0 Å².